The highest BCUT2D eigenvalue weighted by Gasteiger charge is 2.17. The van der Waals surface area contributed by atoms with E-state index in [2.05, 4.69) is 23.5 Å². The summed E-state index contributed by atoms with van der Waals surface area (Å²) in [6.07, 6.45) is 10.1. The number of pyridine rings is 1. The SMILES string of the molecule is C=C/C=C(\C=C)C(CCC)NC(=O)/C(C#N)=C/c1ccnc2ccccc12. The van der Waals surface area contributed by atoms with E-state index in [1.165, 1.54) is 0 Å². The van der Waals surface area contributed by atoms with Crippen LogP contribution >= 0.6 is 0 Å². The van der Waals surface area contributed by atoms with Crippen molar-refractivity contribution in [2.75, 3.05) is 0 Å². The fourth-order valence-electron chi connectivity index (χ4n) is 2.86. The van der Waals surface area contributed by atoms with Gasteiger partial charge in [-0.25, -0.2) is 0 Å². The van der Waals surface area contributed by atoms with Crippen LogP contribution in [0.3, 0.4) is 0 Å². The zero-order valence-electron chi connectivity index (χ0n) is 15.5. The topological polar surface area (TPSA) is 65.8 Å². The van der Waals surface area contributed by atoms with Crippen LogP contribution in [0.15, 0.2) is 79.1 Å². The first-order valence-corrected chi connectivity index (χ1v) is 8.86. The van der Waals surface area contributed by atoms with Crippen LogP contribution in [-0.2, 0) is 4.79 Å². The second kappa shape index (κ2) is 9.88. The standard InChI is InChI=1S/C23H23N3O/c1-4-9-17(6-3)21(10-5-2)26-23(27)19(16-24)15-18-13-14-25-22-12-8-7-11-20(18)22/h4,6-9,11-15,21H,1,3,5,10H2,2H3,(H,26,27)/b17-9+,19-15+. The minimum absolute atomic E-state index is 0.0504. The first kappa shape index (κ1) is 19.9. The van der Waals surface area contributed by atoms with Crippen LogP contribution in [0.1, 0.15) is 25.3 Å². The summed E-state index contributed by atoms with van der Waals surface area (Å²) in [4.78, 5) is 17.0. The fraction of sp³-hybridized carbons (Fsp3) is 0.174. The average molecular weight is 357 g/mol. The zero-order chi connectivity index (χ0) is 19.6. The van der Waals surface area contributed by atoms with E-state index in [1.807, 2.05) is 43.3 Å². The van der Waals surface area contributed by atoms with Gasteiger partial charge in [-0.3, -0.25) is 9.78 Å². The number of fused-ring (bicyclic) bond motifs is 1. The summed E-state index contributed by atoms with van der Waals surface area (Å²) in [5.74, 6) is -0.409. The molecule has 0 saturated carbocycles. The molecule has 1 aromatic carbocycles. The lowest BCUT2D eigenvalue weighted by atomic mass is 10.0. The molecule has 2 rings (SSSR count). The van der Waals surface area contributed by atoms with Crippen molar-refractivity contribution in [3.63, 3.8) is 0 Å². The number of amides is 1. The lowest BCUT2D eigenvalue weighted by molar-refractivity contribution is -0.117. The van der Waals surface area contributed by atoms with Crippen molar-refractivity contribution in [3.8, 4) is 6.07 Å². The van der Waals surface area contributed by atoms with Crippen molar-refractivity contribution in [2.24, 2.45) is 0 Å². The smallest absolute Gasteiger partial charge is 0.262 e. The molecule has 2 aromatic rings. The third-order valence-electron chi connectivity index (χ3n) is 4.18. The van der Waals surface area contributed by atoms with Crippen molar-refractivity contribution in [3.05, 3.63) is 84.6 Å². The van der Waals surface area contributed by atoms with Gasteiger partial charge in [0.1, 0.15) is 11.6 Å². The lowest BCUT2D eigenvalue weighted by Gasteiger charge is -2.19. The highest BCUT2D eigenvalue weighted by Crippen LogP contribution is 2.19. The molecule has 1 heterocycles. The molecule has 4 nitrogen and oxygen atoms in total. The van der Waals surface area contributed by atoms with Gasteiger partial charge < -0.3 is 5.32 Å². The van der Waals surface area contributed by atoms with E-state index in [1.54, 1.807) is 30.5 Å². The Balaban J connectivity index is 2.35. The highest BCUT2D eigenvalue weighted by molar-refractivity contribution is 6.04. The minimum Gasteiger partial charge on any atom is -0.345 e. The molecule has 136 valence electrons. The Kier molecular flexibility index (Phi) is 7.27. The van der Waals surface area contributed by atoms with Crippen molar-refractivity contribution in [1.29, 1.82) is 5.26 Å². The Morgan fingerprint density at radius 2 is 2.11 bits per heavy atom. The molecule has 0 bridgehead atoms. The molecule has 4 heteroatoms. The largest absolute Gasteiger partial charge is 0.345 e. The van der Waals surface area contributed by atoms with Gasteiger partial charge in [0.25, 0.3) is 5.91 Å². The molecule has 27 heavy (non-hydrogen) atoms. The number of nitriles is 1. The van der Waals surface area contributed by atoms with Crippen molar-refractivity contribution < 1.29 is 4.79 Å². The Labute approximate surface area is 160 Å². The summed E-state index contributed by atoms with van der Waals surface area (Å²) in [6.45, 7) is 9.54. The normalized spacial score (nSPS) is 12.9. The molecular weight excluding hydrogens is 334 g/mol. The van der Waals surface area contributed by atoms with E-state index in [9.17, 15) is 10.1 Å². The first-order valence-electron chi connectivity index (χ1n) is 8.86. The number of benzene rings is 1. The lowest BCUT2D eigenvalue weighted by Crippen LogP contribution is -2.36. The summed E-state index contributed by atoms with van der Waals surface area (Å²) in [7, 11) is 0. The highest BCUT2D eigenvalue weighted by atomic mass is 16.1. The molecule has 1 aromatic heterocycles. The molecule has 1 N–H and O–H groups in total. The second-order valence-corrected chi connectivity index (χ2v) is 6.01. The molecule has 0 fully saturated rings. The number of nitrogens with zero attached hydrogens (tertiary/aromatic N) is 2. The Morgan fingerprint density at radius 3 is 2.78 bits per heavy atom. The van der Waals surface area contributed by atoms with Crippen LogP contribution in [0.2, 0.25) is 0 Å². The molecule has 0 aliphatic carbocycles. The predicted molar refractivity (Wildman–Crippen MR) is 111 cm³/mol. The number of hydrogen-bond acceptors (Lipinski definition) is 3. The van der Waals surface area contributed by atoms with E-state index in [-0.39, 0.29) is 11.6 Å². The molecule has 0 aliphatic heterocycles. The number of carbonyl (C=O) groups is 1. The zero-order valence-corrected chi connectivity index (χ0v) is 15.5. The number of rotatable bonds is 8. The van der Waals surface area contributed by atoms with Gasteiger partial charge >= 0.3 is 0 Å². The maximum absolute atomic E-state index is 12.7. The molecule has 0 aliphatic rings. The fourth-order valence-corrected chi connectivity index (χ4v) is 2.86. The van der Waals surface area contributed by atoms with E-state index in [0.29, 0.717) is 0 Å². The van der Waals surface area contributed by atoms with Gasteiger partial charge in [-0.15, -0.1) is 0 Å². The summed E-state index contributed by atoms with van der Waals surface area (Å²) >= 11 is 0. The number of aromatic nitrogens is 1. The Morgan fingerprint density at radius 1 is 1.33 bits per heavy atom. The maximum Gasteiger partial charge on any atom is 0.262 e. The van der Waals surface area contributed by atoms with Gasteiger partial charge in [0, 0.05) is 11.6 Å². The molecule has 0 saturated heterocycles. The number of hydrogen-bond donors (Lipinski definition) is 1. The molecular formula is C23H23N3O. The third kappa shape index (κ3) is 5.02. The van der Waals surface area contributed by atoms with E-state index >= 15 is 0 Å². The number of carbonyl (C=O) groups excluding carboxylic acids is 1. The number of nitrogens with one attached hydrogen (secondary N) is 1. The first-order chi connectivity index (χ1) is 13.1. The number of allylic oxidation sites excluding steroid dienone is 2. The van der Waals surface area contributed by atoms with Gasteiger partial charge in [0.15, 0.2) is 0 Å². The van der Waals surface area contributed by atoms with Crippen LogP contribution in [0.25, 0.3) is 17.0 Å². The van der Waals surface area contributed by atoms with E-state index in [0.717, 1.165) is 34.9 Å². The average Bonchev–Trinajstić information content (AvgIpc) is 2.69. The van der Waals surface area contributed by atoms with Crippen LogP contribution in [0.4, 0.5) is 0 Å². The second-order valence-electron chi connectivity index (χ2n) is 6.01. The summed E-state index contributed by atoms with van der Waals surface area (Å²) in [6, 6.07) is 11.2. The molecule has 0 radical (unpaired) electrons. The van der Waals surface area contributed by atoms with Crippen molar-refractivity contribution in [1.82, 2.24) is 10.3 Å². The quantitative estimate of drug-likeness (QED) is 0.422. The maximum atomic E-state index is 12.7. The van der Waals surface area contributed by atoms with Gasteiger partial charge in [-0.1, -0.05) is 62.9 Å². The summed E-state index contributed by atoms with van der Waals surface area (Å²) < 4.78 is 0. The van der Waals surface area contributed by atoms with Crippen molar-refractivity contribution >= 4 is 22.9 Å². The number of para-hydroxylation sites is 1. The third-order valence-corrected chi connectivity index (χ3v) is 4.18. The van der Waals surface area contributed by atoms with Crippen LogP contribution in [0, 0.1) is 11.3 Å². The van der Waals surface area contributed by atoms with Crippen LogP contribution in [-0.4, -0.2) is 16.9 Å². The van der Waals surface area contributed by atoms with Crippen LogP contribution < -0.4 is 5.32 Å². The van der Waals surface area contributed by atoms with Gasteiger partial charge in [-0.2, -0.15) is 5.26 Å². The van der Waals surface area contributed by atoms with Gasteiger partial charge in [0.05, 0.1) is 11.6 Å². The molecule has 1 amide bonds. The Hall–Kier alpha value is -3.45. The predicted octanol–water partition coefficient (Wildman–Crippen LogP) is 4.73. The van der Waals surface area contributed by atoms with E-state index in [4.69, 9.17) is 0 Å². The van der Waals surface area contributed by atoms with E-state index < -0.39 is 5.91 Å². The molecule has 0 spiro atoms. The molecule has 1 unspecified atom stereocenters. The minimum atomic E-state index is -0.409. The van der Waals surface area contributed by atoms with Gasteiger partial charge in [0.2, 0.25) is 0 Å². The Bertz CT molecular complexity index is 942. The van der Waals surface area contributed by atoms with Crippen LogP contribution in [0.5, 0.6) is 0 Å². The van der Waals surface area contributed by atoms with Crippen molar-refractivity contribution in [2.45, 2.75) is 25.8 Å². The molecule has 1 atom stereocenters. The summed E-state index contributed by atoms with van der Waals surface area (Å²) in [5, 5.41) is 13.4. The van der Waals surface area contributed by atoms with Gasteiger partial charge in [-0.05, 0) is 35.8 Å². The summed E-state index contributed by atoms with van der Waals surface area (Å²) in [5.41, 5.74) is 2.52. The monoisotopic (exact) mass is 357 g/mol.